The first-order valence-electron chi connectivity index (χ1n) is 13.5. The summed E-state index contributed by atoms with van der Waals surface area (Å²) in [6.45, 7) is 4.15. The standard InChI is InChI=1S/C29H40N2O5S/c1-3-5-6-7-8-9-17-24(29(35)36-4-2)30-25-20-37-26(18-31(28(25)34)19-27(32)33)23-16-12-14-21-13-10-11-15-22(21)23/h10-16,24-26,30H,3-9,17-20H2,1-2H3,(H,32,33). The summed E-state index contributed by atoms with van der Waals surface area (Å²) in [6.07, 6.45) is 7.19. The molecule has 3 atom stereocenters. The van der Waals surface area contributed by atoms with E-state index in [-0.39, 0.29) is 30.3 Å². The number of hydrogen-bond donors (Lipinski definition) is 2. The van der Waals surface area contributed by atoms with E-state index in [1.807, 2.05) is 18.2 Å². The molecular formula is C29H40N2O5S. The number of rotatable bonds is 14. The molecule has 1 aliphatic heterocycles. The zero-order valence-electron chi connectivity index (χ0n) is 22.0. The van der Waals surface area contributed by atoms with Crippen LogP contribution in [-0.2, 0) is 19.1 Å². The SMILES string of the molecule is CCCCCCCCC(NC1CSC(c2cccc3ccccc23)CN(CC(=O)O)C1=O)C(=O)OCC. The molecular weight excluding hydrogens is 488 g/mol. The molecule has 0 bridgehead atoms. The van der Waals surface area contributed by atoms with Gasteiger partial charge in [0, 0.05) is 17.5 Å². The Morgan fingerprint density at radius 2 is 1.81 bits per heavy atom. The highest BCUT2D eigenvalue weighted by Gasteiger charge is 2.36. The van der Waals surface area contributed by atoms with Gasteiger partial charge in [-0.3, -0.25) is 19.7 Å². The maximum Gasteiger partial charge on any atom is 0.323 e. The van der Waals surface area contributed by atoms with Crippen molar-refractivity contribution in [1.29, 1.82) is 0 Å². The van der Waals surface area contributed by atoms with Crippen LogP contribution in [0.3, 0.4) is 0 Å². The molecule has 0 radical (unpaired) electrons. The Bertz CT molecular complexity index is 1040. The summed E-state index contributed by atoms with van der Waals surface area (Å²) in [4.78, 5) is 39.4. The molecule has 2 aromatic rings. The second kappa shape index (κ2) is 15.0. The number of ether oxygens (including phenoxy) is 1. The normalized spacial score (nSPS) is 19.0. The van der Waals surface area contributed by atoms with Crippen molar-refractivity contribution in [2.45, 2.75) is 76.1 Å². The van der Waals surface area contributed by atoms with Crippen molar-refractivity contribution in [3.8, 4) is 0 Å². The number of unbranched alkanes of at least 4 members (excludes halogenated alkanes) is 5. The minimum absolute atomic E-state index is 0.0826. The maximum atomic E-state index is 13.5. The van der Waals surface area contributed by atoms with E-state index in [0.717, 1.165) is 35.6 Å². The number of fused-ring (bicyclic) bond motifs is 1. The van der Waals surface area contributed by atoms with Gasteiger partial charge in [-0.25, -0.2) is 0 Å². The van der Waals surface area contributed by atoms with Crippen LogP contribution in [0.15, 0.2) is 42.5 Å². The van der Waals surface area contributed by atoms with Gasteiger partial charge in [0.05, 0.1) is 12.6 Å². The number of esters is 1. The fraction of sp³-hybridized carbons (Fsp3) is 0.552. The predicted octanol–water partition coefficient (Wildman–Crippen LogP) is 5.18. The van der Waals surface area contributed by atoms with Crippen LogP contribution in [0, 0.1) is 0 Å². The molecule has 0 spiro atoms. The van der Waals surface area contributed by atoms with Gasteiger partial charge in [-0.1, -0.05) is 87.9 Å². The fourth-order valence-corrected chi connectivity index (χ4v) is 6.21. The van der Waals surface area contributed by atoms with E-state index in [1.165, 1.54) is 24.2 Å². The number of carboxylic acids is 1. The van der Waals surface area contributed by atoms with Crippen molar-refractivity contribution < 1.29 is 24.2 Å². The number of carbonyl (C=O) groups excluding carboxylic acids is 2. The van der Waals surface area contributed by atoms with Crippen molar-refractivity contribution >= 4 is 40.4 Å². The van der Waals surface area contributed by atoms with E-state index >= 15 is 0 Å². The number of carboxylic acid groups (broad SMARTS) is 1. The lowest BCUT2D eigenvalue weighted by molar-refractivity contribution is -0.148. The van der Waals surface area contributed by atoms with Gasteiger partial charge in [-0.05, 0) is 29.7 Å². The Hall–Kier alpha value is -2.58. The molecule has 1 amide bonds. The highest BCUT2D eigenvalue weighted by Crippen LogP contribution is 2.37. The van der Waals surface area contributed by atoms with Crippen LogP contribution in [0.5, 0.6) is 0 Å². The summed E-state index contributed by atoms with van der Waals surface area (Å²) in [5, 5.41) is 14.9. The zero-order valence-corrected chi connectivity index (χ0v) is 22.8. The van der Waals surface area contributed by atoms with E-state index in [1.54, 1.807) is 18.7 Å². The summed E-state index contributed by atoms with van der Waals surface area (Å²) >= 11 is 1.63. The van der Waals surface area contributed by atoms with Crippen LogP contribution in [-0.4, -0.2) is 65.4 Å². The Kier molecular flexibility index (Phi) is 11.7. The van der Waals surface area contributed by atoms with Crippen LogP contribution >= 0.6 is 11.8 Å². The molecule has 7 nitrogen and oxygen atoms in total. The lowest BCUT2D eigenvalue weighted by Gasteiger charge is -2.27. The van der Waals surface area contributed by atoms with Crippen molar-refractivity contribution in [2.75, 3.05) is 25.4 Å². The van der Waals surface area contributed by atoms with Gasteiger partial charge >= 0.3 is 11.9 Å². The van der Waals surface area contributed by atoms with Crippen LogP contribution in [0.1, 0.15) is 69.6 Å². The third kappa shape index (κ3) is 8.47. The molecule has 3 unspecified atom stereocenters. The molecule has 1 aliphatic rings. The van der Waals surface area contributed by atoms with E-state index < -0.39 is 18.1 Å². The van der Waals surface area contributed by atoms with E-state index in [9.17, 15) is 19.5 Å². The Balaban J connectivity index is 1.77. The summed E-state index contributed by atoms with van der Waals surface area (Å²) in [7, 11) is 0. The third-order valence-corrected chi connectivity index (χ3v) is 8.11. The molecule has 0 saturated carbocycles. The quantitative estimate of drug-likeness (QED) is 0.258. The molecule has 8 heteroatoms. The minimum Gasteiger partial charge on any atom is -0.480 e. The molecule has 1 heterocycles. The predicted molar refractivity (Wildman–Crippen MR) is 149 cm³/mol. The van der Waals surface area contributed by atoms with Gasteiger partial charge in [-0.2, -0.15) is 0 Å². The van der Waals surface area contributed by atoms with Crippen LogP contribution in [0.4, 0.5) is 0 Å². The molecule has 3 rings (SSSR count). The summed E-state index contributed by atoms with van der Waals surface area (Å²) in [5.74, 6) is -1.25. The molecule has 0 aromatic heterocycles. The van der Waals surface area contributed by atoms with Crippen LogP contribution in [0.2, 0.25) is 0 Å². The third-order valence-electron chi connectivity index (χ3n) is 6.78. The number of aliphatic carboxylic acids is 1. The van der Waals surface area contributed by atoms with Crippen molar-refractivity contribution in [1.82, 2.24) is 10.2 Å². The van der Waals surface area contributed by atoms with Crippen molar-refractivity contribution in [2.24, 2.45) is 0 Å². The minimum atomic E-state index is -1.05. The summed E-state index contributed by atoms with van der Waals surface area (Å²) in [5.41, 5.74) is 1.08. The first-order valence-corrected chi connectivity index (χ1v) is 14.5. The van der Waals surface area contributed by atoms with Gasteiger partial charge < -0.3 is 14.7 Å². The first kappa shape index (κ1) is 29.0. The number of hydrogen-bond acceptors (Lipinski definition) is 6. The van der Waals surface area contributed by atoms with Crippen molar-refractivity contribution in [3.63, 3.8) is 0 Å². The van der Waals surface area contributed by atoms with Gasteiger partial charge in [0.2, 0.25) is 5.91 Å². The lowest BCUT2D eigenvalue weighted by atomic mass is 10.0. The molecule has 2 N–H and O–H groups in total. The highest BCUT2D eigenvalue weighted by atomic mass is 32.2. The van der Waals surface area contributed by atoms with E-state index in [0.29, 0.717) is 18.7 Å². The average Bonchev–Trinajstić information content (AvgIpc) is 3.03. The number of carbonyl (C=O) groups is 3. The first-order chi connectivity index (χ1) is 17.9. The average molecular weight is 529 g/mol. The topological polar surface area (TPSA) is 95.9 Å². The molecule has 1 saturated heterocycles. The second-order valence-corrected chi connectivity index (χ2v) is 10.8. The molecule has 2 aromatic carbocycles. The van der Waals surface area contributed by atoms with Crippen LogP contribution in [0.25, 0.3) is 10.8 Å². The number of nitrogens with one attached hydrogen (secondary N) is 1. The molecule has 0 aliphatic carbocycles. The van der Waals surface area contributed by atoms with Gasteiger partial charge in [0.15, 0.2) is 0 Å². The smallest absolute Gasteiger partial charge is 0.323 e. The second-order valence-electron chi connectivity index (χ2n) is 9.58. The number of nitrogens with zero attached hydrogens (tertiary/aromatic N) is 1. The Labute approximate surface area is 224 Å². The zero-order chi connectivity index (χ0) is 26.6. The summed E-state index contributed by atoms with van der Waals surface area (Å²) < 4.78 is 5.31. The number of thioether (sulfide) groups is 1. The van der Waals surface area contributed by atoms with E-state index in [2.05, 4.69) is 36.5 Å². The Morgan fingerprint density at radius 3 is 2.57 bits per heavy atom. The van der Waals surface area contributed by atoms with E-state index in [4.69, 9.17) is 4.74 Å². The fourth-order valence-electron chi connectivity index (χ4n) is 4.88. The molecule has 1 fully saturated rings. The van der Waals surface area contributed by atoms with Gasteiger partial charge in [0.25, 0.3) is 0 Å². The summed E-state index contributed by atoms with van der Waals surface area (Å²) in [6, 6.07) is 12.9. The monoisotopic (exact) mass is 528 g/mol. The molecule has 202 valence electrons. The lowest BCUT2D eigenvalue weighted by Crippen LogP contribution is -2.53. The highest BCUT2D eigenvalue weighted by molar-refractivity contribution is 7.99. The van der Waals surface area contributed by atoms with Gasteiger partial charge in [0.1, 0.15) is 12.6 Å². The molecule has 37 heavy (non-hydrogen) atoms. The Morgan fingerprint density at radius 1 is 1.08 bits per heavy atom. The number of benzene rings is 2. The number of amides is 1. The van der Waals surface area contributed by atoms with Crippen molar-refractivity contribution in [3.05, 3.63) is 48.0 Å². The largest absolute Gasteiger partial charge is 0.480 e. The maximum absolute atomic E-state index is 13.5. The van der Waals surface area contributed by atoms with Gasteiger partial charge in [-0.15, -0.1) is 11.8 Å². The van der Waals surface area contributed by atoms with Crippen LogP contribution < -0.4 is 5.32 Å².